The molecule has 1 atom stereocenters. The number of nitrogens with one attached hydrogen (secondary N) is 1. The van der Waals surface area contributed by atoms with Gasteiger partial charge in [-0.1, -0.05) is 18.2 Å². The van der Waals surface area contributed by atoms with Gasteiger partial charge < -0.3 is 19.5 Å². The molecule has 0 saturated carbocycles. The number of hydrogen-bond acceptors (Lipinski definition) is 4. The van der Waals surface area contributed by atoms with E-state index < -0.39 is 0 Å². The largest absolute Gasteiger partial charge is 0.496 e. The standard InChI is InChI=1S/C16H27NO3/c1-5-19-16(20-6-2)12-17-13(3)11-14-9-7-8-10-15(14)18-4/h7-10,13,16-17H,5-6,11-12H2,1-4H3. The van der Waals surface area contributed by atoms with E-state index in [1.807, 2.05) is 32.0 Å². The van der Waals surface area contributed by atoms with Crippen LogP contribution in [0.4, 0.5) is 0 Å². The van der Waals surface area contributed by atoms with Crippen molar-refractivity contribution in [1.82, 2.24) is 5.32 Å². The summed E-state index contributed by atoms with van der Waals surface area (Å²) < 4.78 is 16.4. The number of ether oxygens (including phenoxy) is 3. The predicted molar refractivity (Wildman–Crippen MR) is 81.2 cm³/mol. The van der Waals surface area contributed by atoms with E-state index in [4.69, 9.17) is 14.2 Å². The quantitative estimate of drug-likeness (QED) is 0.669. The van der Waals surface area contributed by atoms with E-state index >= 15 is 0 Å². The first-order chi connectivity index (χ1) is 9.71. The molecule has 1 unspecified atom stereocenters. The first kappa shape index (κ1) is 17.0. The molecule has 1 N–H and O–H groups in total. The second-order valence-corrected chi connectivity index (χ2v) is 4.67. The van der Waals surface area contributed by atoms with Crippen molar-refractivity contribution in [3.63, 3.8) is 0 Å². The Balaban J connectivity index is 2.44. The molecule has 0 radical (unpaired) electrons. The first-order valence-electron chi connectivity index (χ1n) is 7.29. The molecule has 0 spiro atoms. The van der Waals surface area contributed by atoms with Gasteiger partial charge in [0.05, 0.1) is 7.11 Å². The summed E-state index contributed by atoms with van der Waals surface area (Å²) in [6.45, 7) is 8.12. The summed E-state index contributed by atoms with van der Waals surface area (Å²) in [6.07, 6.45) is 0.736. The molecule has 0 fully saturated rings. The maximum Gasteiger partial charge on any atom is 0.169 e. The Kier molecular flexibility index (Phi) is 8.26. The van der Waals surface area contributed by atoms with Gasteiger partial charge in [0, 0.05) is 25.8 Å². The second kappa shape index (κ2) is 9.75. The summed E-state index contributed by atoms with van der Waals surface area (Å²) >= 11 is 0. The number of methoxy groups -OCH3 is 1. The highest BCUT2D eigenvalue weighted by molar-refractivity contribution is 5.33. The van der Waals surface area contributed by atoms with Crippen LogP contribution < -0.4 is 10.1 Å². The highest BCUT2D eigenvalue weighted by Crippen LogP contribution is 2.18. The van der Waals surface area contributed by atoms with Gasteiger partial charge in [-0.25, -0.2) is 0 Å². The summed E-state index contributed by atoms with van der Waals surface area (Å²) in [5, 5.41) is 3.45. The van der Waals surface area contributed by atoms with Crippen LogP contribution in [0.3, 0.4) is 0 Å². The summed E-state index contributed by atoms with van der Waals surface area (Å²) in [5.74, 6) is 0.937. The maximum absolute atomic E-state index is 5.52. The third-order valence-electron chi connectivity index (χ3n) is 3.06. The van der Waals surface area contributed by atoms with Crippen molar-refractivity contribution in [1.29, 1.82) is 0 Å². The van der Waals surface area contributed by atoms with E-state index in [-0.39, 0.29) is 6.29 Å². The maximum atomic E-state index is 5.52. The minimum Gasteiger partial charge on any atom is -0.496 e. The van der Waals surface area contributed by atoms with Gasteiger partial charge in [0.15, 0.2) is 6.29 Å². The van der Waals surface area contributed by atoms with E-state index in [9.17, 15) is 0 Å². The fraction of sp³-hybridized carbons (Fsp3) is 0.625. The lowest BCUT2D eigenvalue weighted by Gasteiger charge is -2.21. The van der Waals surface area contributed by atoms with Crippen LogP contribution >= 0.6 is 0 Å². The molecule has 0 aliphatic carbocycles. The summed E-state index contributed by atoms with van der Waals surface area (Å²) in [4.78, 5) is 0. The smallest absolute Gasteiger partial charge is 0.169 e. The topological polar surface area (TPSA) is 39.7 Å². The molecule has 0 saturated heterocycles. The molecule has 0 aromatic heterocycles. The molecule has 114 valence electrons. The number of benzene rings is 1. The summed E-state index contributed by atoms with van der Waals surface area (Å²) in [5.41, 5.74) is 1.21. The normalized spacial score (nSPS) is 12.7. The Hall–Kier alpha value is -1.10. The molecule has 20 heavy (non-hydrogen) atoms. The van der Waals surface area contributed by atoms with Crippen LogP contribution in [0.1, 0.15) is 26.3 Å². The fourth-order valence-electron chi connectivity index (χ4n) is 2.11. The zero-order valence-electron chi connectivity index (χ0n) is 13.0. The van der Waals surface area contributed by atoms with E-state index in [1.54, 1.807) is 7.11 Å². The molecule has 0 aliphatic heterocycles. The van der Waals surface area contributed by atoms with Crippen molar-refractivity contribution >= 4 is 0 Å². The molecule has 1 rings (SSSR count). The number of rotatable bonds is 10. The SMILES string of the molecule is CCOC(CNC(C)Cc1ccccc1OC)OCC. The van der Waals surface area contributed by atoms with Crippen molar-refractivity contribution in [2.75, 3.05) is 26.9 Å². The van der Waals surface area contributed by atoms with Gasteiger partial charge in [-0.2, -0.15) is 0 Å². The van der Waals surface area contributed by atoms with Crippen LogP contribution in [-0.4, -0.2) is 39.2 Å². The number of hydrogen-bond donors (Lipinski definition) is 1. The van der Waals surface area contributed by atoms with E-state index in [0.717, 1.165) is 12.2 Å². The van der Waals surface area contributed by atoms with Crippen molar-refractivity contribution in [3.05, 3.63) is 29.8 Å². The highest BCUT2D eigenvalue weighted by atomic mass is 16.7. The Bertz CT molecular complexity index is 364. The van der Waals surface area contributed by atoms with Crippen LogP contribution in [-0.2, 0) is 15.9 Å². The minimum atomic E-state index is -0.176. The Morgan fingerprint density at radius 3 is 2.35 bits per heavy atom. The fourth-order valence-corrected chi connectivity index (χ4v) is 2.11. The first-order valence-corrected chi connectivity index (χ1v) is 7.29. The molecule has 1 aromatic rings. The Morgan fingerprint density at radius 1 is 1.10 bits per heavy atom. The number of para-hydroxylation sites is 1. The van der Waals surface area contributed by atoms with Crippen molar-refractivity contribution in [3.8, 4) is 5.75 Å². The molecular weight excluding hydrogens is 254 g/mol. The van der Waals surface area contributed by atoms with Gasteiger partial charge >= 0.3 is 0 Å². The van der Waals surface area contributed by atoms with Crippen molar-refractivity contribution in [2.24, 2.45) is 0 Å². The lowest BCUT2D eigenvalue weighted by Crippen LogP contribution is -2.37. The molecule has 4 heteroatoms. The molecular formula is C16H27NO3. The van der Waals surface area contributed by atoms with Crippen molar-refractivity contribution < 1.29 is 14.2 Å². The third kappa shape index (κ3) is 5.90. The zero-order valence-corrected chi connectivity index (χ0v) is 13.0. The molecule has 1 aromatic carbocycles. The zero-order chi connectivity index (χ0) is 14.8. The minimum absolute atomic E-state index is 0.176. The third-order valence-corrected chi connectivity index (χ3v) is 3.06. The van der Waals surface area contributed by atoms with Crippen molar-refractivity contribution in [2.45, 2.75) is 39.5 Å². The van der Waals surface area contributed by atoms with Gasteiger partial charge in [0.1, 0.15) is 5.75 Å². The van der Waals surface area contributed by atoms with Crippen LogP contribution in [0.2, 0.25) is 0 Å². The van der Waals surface area contributed by atoms with E-state index in [1.165, 1.54) is 5.56 Å². The average Bonchev–Trinajstić information content (AvgIpc) is 2.46. The lowest BCUT2D eigenvalue weighted by molar-refractivity contribution is -0.133. The van der Waals surface area contributed by atoms with Gasteiger partial charge in [-0.05, 0) is 38.8 Å². The second-order valence-electron chi connectivity index (χ2n) is 4.67. The summed E-state index contributed by atoms with van der Waals surface area (Å²) in [6, 6.07) is 8.44. The lowest BCUT2D eigenvalue weighted by atomic mass is 10.1. The predicted octanol–water partition coefficient (Wildman–Crippen LogP) is 2.61. The van der Waals surface area contributed by atoms with Gasteiger partial charge in [0.25, 0.3) is 0 Å². The molecule has 0 amide bonds. The van der Waals surface area contributed by atoms with E-state index in [2.05, 4.69) is 18.3 Å². The van der Waals surface area contributed by atoms with Crippen LogP contribution in [0.5, 0.6) is 5.75 Å². The Labute approximate surface area is 122 Å². The highest BCUT2D eigenvalue weighted by Gasteiger charge is 2.11. The van der Waals surface area contributed by atoms with Crippen LogP contribution in [0, 0.1) is 0 Å². The average molecular weight is 281 g/mol. The van der Waals surface area contributed by atoms with Gasteiger partial charge in [-0.3, -0.25) is 0 Å². The monoisotopic (exact) mass is 281 g/mol. The summed E-state index contributed by atoms with van der Waals surface area (Å²) in [7, 11) is 1.71. The molecule has 0 heterocycles. The molecule has 0 aliphatic rings. The van der Waals surface area contributed by atoms with Crippen LogP contribution in [0.25, 0.3) is 0 Å². The van der Waals surface area contributed by atoms with Crippen LogP contribution in [0.15, 0.2) is 24.3 Å². The molecule has 4 nitrogen and oxygen atoms in total. The Morgan fingerprint density at radius 2 is 1.75 bits per heavy atom. The molecule has 0 bridgehead atoms. The van der Waals surface area contributed by atoms with Gasteiger partial charge in [0.2, 0.25) is 0 Å². The van der Waals surface area contributed by atoms with E-state index in [0.29, 0.717) is 25.8 Å². The van der Waals surface area contributed by atoms with Gasteiger partial charge in [-0.15, -0.1) is 0 Å².